The molecule has 2 heterocycles. The average Bonchev–Trinajstić information content (AvgIpc) is 2.92. The summed E-state index contributed by atoms with van der Waals surface area (Å²) < 4.78 is 5.94. The number of hydrogen-bond donors (Lipinski definition) is 0. The van der Waals surface area contributed by atoms with Gasteiger partial charge in [0.15, 0.2) is 0 Å². The molecule has 3 nitrogen and oxygen atoms in total. The molecule has 0 atom stereocenters. The summed E-state index contributed by atoms with van der Waals surface area (Å²) in [7, 11) is 0. The van der Waals surface area contributed by atoms with Crippen molar-refractivity contribution in [3.63, 3.8) is 0 Å². The van der Waals surface area contributed by atoms with Crippen LogP contribution in [0.15, 0.2) is 24.3 Å². The third kappa shape index (κ3) is 4.01. The maximum Gasteiger partial charge on any atom is 0.150 e. The minimum absolute atomic E-state index is 0. The third-order valence-corrected chi connectivity index (χ3v) is 4.97. The first-order valence-electron chi connectivity index (χ1n) is 7.26. The first kappa shape index (κ1) is 16.8. The molecule has 6 heteroatoms. The Labute approximate surface area is 141 Å². The second-order valence-electron chi connectivity index (χ2n) is 5.23. The van der Waals surface area contributed by atoms with E-state index in [1.807, 2.05) is 0 Å². The molecule has 0 spiro atoms. The van der Waals surface area contributed by atoms with Gasteiger partial charge < -0.3 is 4.90 Å². The van der Waals surface area contributed by atoms with Gasteiger partial charge in [-0.15, -0.1) is 24.0 Å². The number of aromatic nitrogens is 1. The second kappa shape index (κ2) is 8.18. The molecule has 1 aromatic heterocycles. The van der Waals surface area contributed by atoms with Gasteiger partial charge in [0, 0.05) is 37.4 Å². The Balaban J connectivity index is 0.00000161. The van der Waals surface area contributed by atoms with Gasteiger partial charge >= 0.3 is 0 Å². The summed E-state index contributed by atoms with van der Waals surface area (Å²) in [6, 6.07) is 8.52. The fourth-order valence-electron chi connectivity index (χ4n) is 2.71. The van der Waals surface area contributed by atoms with E-state index in [-0.39, 0.29) is 12.4 Å². The van der Waals surface area contributed by atoms with Crippen LogP contribution < -0.4 is 4.90 Å². The van der Waals surface area contributed by atoms with Crippen LogP contribution >= 0.6 is 35.5 Å². The normalized spacial score (nSPS) is 16.1. The molecule has 3 rings (SSSR count). The monoisotopic (exact) mass is 345 g/mol. The van der Waals surface area contributed by atoms with E-state index >= 15 is 0 Å². The van der Waals surface area contributed by atoms with E-state index in [9.17, 15) is 0 Å². The Morgan fingerprint density at radius 3 is 2.62 bits per heavy atom. The molecule has 21 heavy (non-hydrogen) atoms. The van der Waals surface area contributed by atoms with Crippen molar-refractivity contribution in [1.82, 2.24) is 9.27 Å². The number of unbranched alkanes of at least 4 members (excludes halogenated alkanes) is 1. The predicted molar refractivity (Wildman–Crippen MR) is 95.5 cm³/mol. The summed E-state index contributed by atoms with van der Waals surface area (Å²) in [6.07, 6.45) is 2.33. The molecule has 1 fully saturated rings. The number of nitrogens with zero attached hydrogens (tertiary/aromatic N) is 3. The van der Waals surface area contributed by atoms with Gasteiger partial charge in [-0.1, -0.05) is 12.1 Å². The molecule has 1 saturated heterocycles. The zero-order chi connectivity index (χ0) is 13.8. The van der Waals surface area contributed by atoms with E-state index in [2.05, 4.69) is 38.4 Å². The SMILES string of the molecule is Cl.ClCCCCN1CCN(c2nsc3ccccc23)CC1. The van der Waals surface area contributed by atoms with Crippen LogP contribution in [0.3, 0.4) is 0 Å². The highest BCUT2D eigenvalue weighted by molar-refractivity contribution is 7.13. The van der Waals surface area contributed by atoms with Crippen molar-refractivity contribution >= 4 is 51.4 Å². The van der Waals surface area contributed by atoms with Crippen molar-refractivity contribution in [2.45, 2.75) is 12.8 Å². The summed E-state index contributed by atoms with van der Waals surface area (Å²) in [5.74, 6) is 1.95. The predicted octanol–water partition coefficient (Wildman–Crippen LogP) is 3.86. The smallest absolute Gasteiger partial charge is 0.150 e. The lowest BCUT2D eigenvalue weighted by atomic mass is 10.2. The number of rotatable bonds is 5. The van der Waals surface area contributed by atoms with Crippen LogP contribution in [0.25, 0.3) is 10.1 Å². The molecule has 0 aliphatic carbocycles. The van der Waals surface area contributed by atoms with Gasteiger partial charge in [-0.3, -0.25) is 4.90 Å². The Kier molecular flexibility index (Phi) is 6.55. The standard InChI is InChI=1S/C15H20ClN3S.ClH/c16-7-3-4-8-18-9-11-19(12-10-18)15-13-5-1-2-6-14(13)20-17-15;/h1-2,5-6H,3-4,7-12H2;1H. The highest BCUT2D eigenvalue weighted by Gasteiger charge is 2.20. The Morgan fingerprint density at radius 1 is 1.10 bits per heavy atom. The minimum atomic E-state index is 0. The largest absolute Gasteiger partial charge is 0.353 e. The number of benzene rings is 1. The van der Waals surface area contributed by atoms with Crippen molar-refractivity contribution in [3.8, 4) is 0 Å². The van der Waals surface area contributed by atoms with Crippen LogP contribution in [0.1, 0.15) is 12.8 Å². The summed E-state index contributed by atoms with van der Waals surface area (Å²) >= 11 is 7.34. The van der Waals surface area contributed by atoms with E-state index in [0.29, 0.717) is 0 Å². The molecule has 0 saturated carbocycles. The number of anilines is 1. The van der Waals surface area contributed by atoms with Crippen molar-refractivity contribution < 1.29 is 0 Å². The van der Waals surface area contributed by atoms with Gasteiger partial charge in [0.2, 0.25) is 0 Å². The summed E-state index contributed by atoms with van der Waals surface area (Å²) in [5.41, 5.74) is 0. The lowest BCUT2D eigenvalue weighted by Gasteiger charge is -2.35. The van der Waals surface area contributed by atoms with Gasteiger partial charge in [0.25, 0.3) is 0 Å². The molecule has 1 aliphatic rings. The molecule has 0 N–H and O–H groups in total. The molecule has 0 amide bonds. The Hall–Kier alpha value is -0.550. The topological polar surface area (TPSA) is 19.4 Å². The number of alkyl halides is 1. The molecule has 0 unspecified atom stereocenters. The second-order valence-corrected chi connectivity index (χ2v) is 6.41. The van der Waals surface area contributed by atoms with E-state index < -0.39 is 0 Å². The van der Waals surface area contributed by atoms with E-state index in [0.717, 1.165) is 38.5 Å². The van der Waals surface area contributed by atoms with Crippen molar-refractivity contribution in [2.75, 3.05) is 43.5 Å². The van der Waals surface area contributed by atoms with Crippen LogP contribution in [-0.4, -0.2) is 47.9 Å². The molecule has 0 bridgehead atoms. The molecule has 1 aliphatic heterocycles. The number of fused-ring (bicyclic) bond motifs is 1. The number of hydrogen-bond acceptors (Lipinski definition) is 4. The fraction of sp³-hybridized carbons (Fsp3) is 0.533. The van der Waals surface area contributed by atoms with Gasteiger partial charge in [-0.2, -0.15) is 4.37 Å². The molecule has 0 radical (unpaired) electrons. The molecule has 116 valence electrons. The van der Waals surface area contributed by atoms with Crippen LogP contribution in [0.4, 0.5) is 5.82 Å². The summed E-state index contributed by atoms with van der Waals surface area (Å²) in [5, 5.41) is 1.30. The zero-order valence-corrected chi connectivity index (χ0v) is 14.4. The summed E-state index contributed by atoms with van der Waals surface area (Å²) in [6.45, 7) is 5.60. The van der Waals surface area contributed by atoms with E-state index in [4.69, 9.17) is 11.6 Å². The number of halogens is 2. The highest BCUT2D eigenvalue weighted by Crippen LogP contribution is 2.29. The third-order valence-electron chi connectivity index (χ3n) is 3.89. The van der Waals surface area contributed by atoms with E-state index in [1.54, 1.807) is 11.5 Å². The maximum absolute atomic E-state index is 5.73. The molecular formula is C15H21Cl2N3S. The van der Waals surface area contributed by atoms with Gasteiger partial charge in [0.05, 0.1) is 4.70 Å². The van der Waals surface area contributed by atoms with Gasteiger partial charge in [-0.05, 0) is 43.1 Å². The fourth-order valence-corrected chi connectivity index (χ4v) is 3.70. The zero-order valence-electron chi connectivity index (χ0n) is 12.0. The van der Waals surface area contributed by atoms with Crippen LogP contribution in [0.2, 0.25) is 0 Å². The molecular weight excluding hydrogens is 325 g/mol. The van der Waals surface area contributed by atoms with Crippen LogP contribution in [0, 0.1) is 0 Å². The van der Waals surface area contributed by atoms with Crippen molar-refractivity contribution in [1.29, 1.82) is 0 Å². The van der Waals surface area contributed by atoms with E-state index in [1.165, 1.54) is 28.9 Å². The first-order chi connectivity index (χ1) is 9.88. The average molecular weight is 346 g/mol. The molecule has 2 aromatic rings. The minimum Gasteiger partial charge on any atom is -0.353 e. The maximum atomic E-state index is 5.73. The number of piperazine rings is 1. The summed E-state index contributed by atoms with van der Waals surface area (Å²) in [4.78, 5) is 4.97. The lowest BCUT2D eigenvalue weighted by Crippen LogP contribution is -2.46. The van der Waals surface area contributed by atoms with Gasteiger partial charge in [0.1, 0.15) is 5.82 Å². The molecule has 1 aromatic carbocycles. The highest BCUT2D eigenvalue weighted by atomic mass is 35.5. The van der Waals surface area contributed by atoms with Crippen LogP contribution in [0.5, 0.6) is 0 Å². The van der Waals surface area contributed by atoms with Crippen molar-refractivity contribution in [3.05, 3.63) is 24.3 Å². The van der Waals surface area contributed by atoms with Crippen LogP contribution in [-0.2, 0) is 0 Å². The first-order valence-corrected chi connectivity index (χ1v) is 8.57. The Bertz CT molecular complexity index is 553. The Morgan fingerprint density at radius 2 is 1.86 bits per heavy atom. The quantitative estimate of drug-likeness (QED) is 0.605. The lowest BCUT2D eigenvalue weighted by molar-refractivity contribution is 0.254. The van der Waals surface area contributed by atoms with Crippen molar-refractivity contribution in [2.24, 2.45) is 0 Å². The van der Waals surface area contributed by atoms with Gasteiger partial charge in [-0.25, -0.2) is 0 Å².